The van der Waals surface area contributed by atoms with Gasteiger partial charge in [0, 0.05) is 23.1 Å². The number of nitrogens with two attached hydrogens (primary N) is 1. The molecule has 6 nitrogen and oxygen atoms in total. The van der Waals surface area contributed by atoms with Crippen LogP contribution in [-0.4, -0.2) is 34.0 Å². The van der Waals surface area contributed by atoms with Crippen molar-refractivity contribution in [3.05, 3.63) is 40.1 Å². The second-order valence-electron chi connectivity index (χ2n) is 5.74. The number of nitriles is 1. The van der Waals surface area contributed by atoms with Crippen LogP contribution in [0.1, 0.15) is 9.75 Å². The topological polar surface area (TPSA) is 91.2 Å². The summed E-state index contributed by atoms with van der Waals surface area (Å²) in [5.41, 5.74) is 5.52. The van der Waals surface area contributed by atoms with Crippen LogP contribution >= 0.6 is 23.1 Å². The number of fused-ring (bicyclic) bond motifs is 1. The number of hydrogen-bond acceptors (Lipinski definition) is 8. The maximum absolute atomic E-state index is 13.1. The van der Waals surface area contributed by atoms with Crippen molar-refractivity contribution in [1.82, 2.24) is 9.97 Å². The number of thioether (sulfide) groups is 1. The summed E-state index contributed by atoms with van der Waals surface area (Å²) in [6.07, 6.45) is 2.34. The standard InChI is InChI=1S/C15H13FN6S2/c16-10-4-19-14(20-5-10)22-6-9-7-23-13(18)21-15(9,8-22)12-2-1-11(3-17)24-12/h1-2,4-5,9H,6-8H2,(H2,18,21)/t9-,15?/m0/s1. The second-order valence-corrected chi connectivity index (χ2v) is 7.86. The number of nitrogens with zero attached hydrogens (tertiary/aromatic N) is 5. The predicted molar refractivity (Wildman–Crippen MR) is 92.5 cm³/mol. The highest BCUT2D eigenvalue weighted by Gasteiger charge is 2.51. The number of anilines is 1. The second kappa shape index (κ2) is 5.72. The zero-order valence-corrected chi connectivity index (χ0v) is 14.1. The number of halogens is 1. The number of rotatable bonds is 2. The molecule has 24 heavy (non-hydrogen) atoms. The Kier molecular flexibility index (Phi) is 3.66. The number of hydrogen-bond donors (Lipinski definition) is 1. The Balaban J connectivity index is 1.75. The molecule has 2 aliphatic heterocycles. The lowest BCUT2D eigenvalue weighted by molar-refractivity contribution is 0.395. The maximum atomic E-state index is 13.1. The minimum Gasteiger partial charge on any atom is -0.379 e. The molecule has 9 heteroatoms. The average Bonchev–Trinajstić information content (AvgIpc) is 3.20. The molecule has 2 atom stereocenters. The smallest absolute Gasteiger partial charge is 0.225 e. The summed E-state index contributed by atoms with van der Waals surface area (Å²) in [7, 11) is 0. The molecule has 122 valence electrons. The van der Waals surface area contributed by atoms with Crippen LogP contribution in [0, 0.1) is 23.1 Å². The first-order valence-electron chi connectivity index (χ1n) is 7.32. The molecule has 2 N–H and O–H groups in total. The van der Waals surface area contributed by atoms with Crippen LogP contribution in [0.25, 0.3) is 0 Å². The molecule has 4 heterocycles. The molecular formula is C15H13FN6S2. The van der Waals surface area contributed by atoms with Gasteiger partial charge < -0.3 is 10.6 Å². The van der Waals surface area contributed by atoms with Crippen molar-refractivity contribution < 1.29 is 4.39 Å². The van der Waals surface area contributed by atoms with Gasteiger partial charge in [0.2, 0.25) is 5.95 Å². The molecule has 4 rings (SSSR count). The van der Waals surface area contributed by atoms with Crippen molar-refractivity contribution in [3.63, 3.8) is 0 Å². The summed E-state index contributed by atoms with van der Waals surface area (Å²) in [6, 6.07) is 5.95. The zero-order valence-electron chi connectivity index (χ0n) is 12.5. The van der Waals surface area contributed by atoms with E-state index >= 15 is 0 Å². The van der Waals surface area contributed by atoms with E-state index in [9.17, 15) is 4.39 Å². The molecule has 2 aliphatic rings. The average molecular weight is 360 g/mol. The van der Waals surface area contributed by atoms with Crippen LogP contribution in [0.4, 0.5) is 10.3 Å². The van der Waals surface area contributed by atoms with Gasteiger partial charge >= 0.3 is 0 Å². The monoisotopic (exact) mass is 360 g/mol. The molecule has 0 aromatic carbocycles. The highest BCUT2D eigenvalue weighted by atomic mass is 32.2. The first-order chi connectivity index (χ1) is 11.6. The van der Waals surface area contributed by atoms with Crippen LogP contribution in [0.5, 0.6) is 0 Å². The minimum absolute atomic E-state index is 0.230. The summed E-state index contributed by atoms with van der Waals surface area (Å²) >= 11 is 2.99. The Morgan fingerprint density at radius 1 is 1.38 bits per heavy atom. The molecule has 0 aliphatic carbocycles. The van der Waals surface area contributed by atoms with E-state index in [0.29, 0.717) is 22.5 Å². The SMILES string of the molecule is N#Cc1ccc(C23CN(c4ncc(F)cn4)C[C@H]2CSC(N)=N3)s1. The van der Waals surface area contributed by atoms with Crippen LogP contribution in [0.3, 0.4) is 0 Å². The number of thiophene rings is 1. The summed E-state index contributed by atoms with van der Waals surface area (Å²) in [5.74, 6) is 1.10. The summed E-state index contributed by atoms with van der Waals surface area (Å²) in [6.45, 7) is 1.28. The van der Waals surface area contributed by atoms with Crippen LogP contribution in [-0.2, 0) is 5.54 Å². The van der Waals surface area contributed by atoms with E-state index in [1.54, 1.807) is 0 Å². The first kappa shape index (κ1) is 15.4. The fraction of sp³-hybridized carbons (Fsp3) is 0.333. The Morgan fingerprint density at radius 2 is 2.17 bits per heavy atom. The molecule has 0 radical (unpaired) electrons. The minimum atomic E-state index is -0.493. The third-order valence-electron chi connectivity index (χ3n) is 4.32. The zero-order chi connectivity index (χ0) is 16.7. The Labute approximate surface area is 146 Å². The van der Waals surface area contributed by atoms with Gasteiger partial charge in [-0.1, -0.05) is 11.8 Å². The lowest BCUT2D eigenvalue weighted by atomic mass is 9.87. The van der Waals surface area contributed by atoms with Gasteiger partial charge in [0.15, 0.2) is 11.0 Å². The molecular weight excluding hydrogens is 347 g/mol. The van der Waals surface area contributed by atoms with Gasteiger partial charge in [0.25, 0.3) is 0 Å². The van der Waals surface area contributed by atoms with Crippen molar-refractivity contribution in [3.8, 4) is 6.07 Å². The van der Waals surface area contributed by atoms with Gasteiger partial charge in [-0.25, -0.2) is 19.4 Å². The van der Waals surface area contributed by atoms with Crippen molar-refractivity contribution in [2.24, 2.45) is 16.6 Å². The molecule has 1 unspecified atom stereocenters. The van der Waals surface area contributed by atoms with Crippen LogP contribution in [0.15, 0.2) is 29.5 Å². The third-order valence-corrected chi connectivity index (χ3v) is 6.44. The van der Waals surface area contributed by atoms with E-state index in [0.717, 1.165) is 17.2 Å². The summed E-state index contributed by atoms with van der Waals surface area (Å²) in [4.78, 5) is 16.6. The molecule has 2 aromatic heterocycles. The highest BCUT2D eigenvalue weighted by Crippen LogP contribution is 2.47. The van der Waals surface area contributed by atoms with E-state index in [4.69, 9.17) is 16.0 Å². The van der Waals surface area contributed by atoms with Crippen molar-refractivity contribution in [2.45, 2.75) is 5.54 Å². The number of aromatic nitrogens is 2. The van der Waals surface area contributed by atoms with Crippen molar-refractivity contribution in [1.29, 1.82) is 5.26 Å². The predicted octanol–water partition coefficient (Wildman–Crippen LogP) is 1.94. The quantitative estimate of drug-likeness (QED) is 0.880. The van der Waals surface area contributed by atoms with Gasteiger partial charge in [-0.2, -0.15) is 5.26 Å². The molecule has 0 amide bonds. The van der Waals surface area contributed by atoms with Crippen LogP contribution in [0.2, 0.25) is 0 Å². The van der Waals surface area contributed by atoms with E-state index in [-0.39, 0.29) is 5.92 Å². The van der Waals surface area contributed by atoms with E-state index in [1.165, 1.54) is 35.5 Å². The Bertz CT molecular complexity index is 842. The van der Waals surface area contributed by atoms with Gasteiger partial charge in [-0.05, 0) is 12.1 Å². The third kappa shape index (κ3) is 2.42. The maximum Gasteiger partial charge on any atom is 0.225 e. The lowest BCUT2D eigenvalue weighted by Gasteiger charge is -2.33. The van der Waals surface area contributed by atoms with Gasteiger partial charge in [-0.15, -0.1) is 11.3 Å². The number of aliphatic imine (C=N–C) groups is 1. The molecule has 2 aromatic rings. The first-order valence-corrected chi connectivity index (χ1v) is 9.12. The fourth-order valence-electron chi connectivity index (χ4n) is 3.22. The van der Waals surface area contributed by atoms with Gasteiger partial charge in [0.05, 0.1) is 18.9 Å². The van der Waals surface area contributed by atoms with E-state index in [1.807, 2.05) is 17.0 Å². The summed E-state index contributed by atoms with van der Waals surface area (Å²) < 4.78 is 13.1. The molecule has 0 spiro atoms. The highest BCUT2D eigenvalue weighted by molar-refractivity contribution is 8.13. The Hall–Kier alpha value is -2.18. The normalized spacial score (nSPS) is 25.9. The molecule has 0 bridgehead atoms. The number of amidine groups is 1. The molecule has 1 fully saturated rings. The van der Waals surface area contributed by atoms with E-state index in [2.05, 4.69) is 16.0 Å². The Morgan fingerprint density at radius 3 is 2.88 bits per heavy atom. The largest absolute Gasteiger partial charge is 0.379 e. The molecule has 0 saturated carbocycles. The summed E-state index contributed by atoms with van der Waals surface area (Å²) in [5, 5.41) is 9.68. The van der Waals surface area contributed by atoms with Crippen molar-refractivity contribution >= 4 is 34.2 Å². The van der Waals surface area contributed by atoms with E-state index < -0.39 is 11.4 Å². The van der Waals surface area contributed by atoms with Crippen molar-refractivity contribution in [2.75, 3.05) is 23.7 Å². The fourth-order valence-corrected chi connectivity index (χ4v) is 5.21. The van der Waals surface area contributed by atoms with Gasteiger partial charge in [-0.3, -0.25) is 0 Å². The van der Waals surface area contributed by atoms with Gasteiger partial charge in [0.1, 0.15) is 16.5 Å². The van der Waals surface area contributed by atoms with Crippen LogP contribution < -0.4 is 10.6 Å². The lowest BCUT2D eigenvalue weighted by Crippen LogP contribution is -2.39. The molecule has 1 saturated heterocycles.